The van der Waals surface area contributed by atoms with E-state index < -0.39 is 0 Å². The van der Waals surface area contributed by atoms with E-state index in [1.807, 2.05) is 0 Å². The maximum Gasteiger partial charge on any atom is 0.325 e. The topological polar surface area (TPSA) is 56.8 Å². The lowest BCUT2D eigenvalue weighted by atomic mass is 10.3. The minimum Gasteiger partial charge on any atom is -0.468 e. The smallest absolute Gasteiger partial charge is 0.325 e. The van der Waals surface area contributed by atoms with Crippen molar-refractivity contribution in [3.8, 4) is 0 Å². The molecule has 0 aliphatic carbocycles. The van der Waals surface area contributed by atoms with Crippen LogP contribution in [0, 0.1) is 0 Å². The first-order valence-corrected chi connectivity index (χ1v) is 4.72. The van der Waals surface area contributed by atoms with Crippen LogP contribution in [0.4, 0.5) is 0 Å². The standard InChI is InChI=1S/C9H17NO4/c1-10-8(9(11)12-2)6-14-7-3-4-13-5-7/h7-8,10H,3-6H2,1-2H3. The van der Waals surface area contributed by atoms with E-state index in [2.05, 4.69) is 10.1 Å². The molecule has 0 spiro atoms. The molecular formula is C9H17NO4. The van der Waals surface area contributed by atoms with Gasteiger partial charge in [0.25, 0.3) is 0 Å². The summed E-state index contributed by atoms with van der Waals surface area (Å²) in [6, 6.07) is -0.388. The molecule has 82 valence electrons. The molecular weight excluding hydrogens is 186 g/mol. The quantitative estimate of drug-likeness (QED) is 0.613. The van der Waals surface area contributed by atoms with Gasteiger partial charge in [0.2, 0.25) is 0 Å². The molecule has 1 aliphatic rings. The first-order chi connectivity index (χ1) is 6.77. The van der Waals surface area contributed by atoms with Crippen molar-refractivity contribution in [2.24, 2.45) is 0 Å². The van der Waals surface area contributed by atoms with Gasteiger partial charge in [0, 0.05) is 6.61 Å². The normalized spacial score (nSPS) is 23.4. The van der Waals surface area contributed by atoms with Crippen molar-refractivity contribution in [3.63, 3.8) is 0 Å². The summed E-state index contributed by atoms with van der Waals surface area (Å²) < 4.78 is 15.2. The van der Waals surface area contributed by atoms with E-state index in [1.165, 1.54) is 7.11 Å². The zero-order chi connectivity index (χ0) is 10.4. The number of hydrogen-bond donors (Lipinski definition) is 1. The van der Waals surface area contributed by atoms with E-state index >= 15 is 0 Å². The van der Waals surface area contributed by atoms with Crippen molar-refractivity contribution in [1.82, 2.24) is 5.32 Å². The van der Waals surface area contributed by atoms with Crippen LogP contribution >= 0.6 is 0 Å². The summed E-state index contributed by atoms with van der Waals surface area (Å²) in [4.78, 5) is 11.2. The Morgan fingerprint density at radius 3 is 3.00 bits per heavy atom. The van der Waals surface area contributed by atoms with Gasteiger partial charge in [0.05, 0.1) is 26.4 Å². The third-order valence-electron chi connectivity index (χ3n) is 2.22. The van der Waals surface area contributed by atoms with Gasteiger partial charge in [0.15, 0.2) is 0 Å². The Morgan fingerprint density at radius 1 is 1.71 bits per heavy atom. The minimum absolute atomic E-state index is 0.121. The van der Waals surface area contributed by atoms with Gasteiger partial charge in [-0.15, -0.1) is 0 Å². The van der Waals surface area contributed by atoms with Crippen molar-refractivity contribution in [1.29, 1.82) is 0 Å². The van der Waals surface area contributed by atoms with Gasteiger partial charge < -0.3 is 19.5 Å². The Hall–Kier alpha value is -0.650. The maximum atomic E-state index is 11.2. The number of carbonyl (C=O) groups excluding carboxylic acids is 1. The molecule has 1 fully saturated rings. The van der Waals surface area contributed by atoms with Crippen LogP contribution in [0.15, 0.2) is 0 Å². The van der Waals surface area contributed by atoms with Gasteiger partial charge in [-0.05, 0) is 13.5 Å². The molecule has 2 atom stereocenters. The minimum atomic E-state index is -0.388. The fourth-order valence-electron chi connectivity index (χ4n) is 1.29. The molecule has 0 aromatic carbocycles. The third-order valence-corrected chi connectivity index (χ3v) is 2.22. The van der Waals surface area contributed by atoms with E-state index in [-0.39, 0.29) is 18.1 Å². The van der Waals surface area contributed by atoms with Crippen LogP contribution in [-0.2, 0) is 19.0 Å². The molecule has 5 nitrogen and oxygen atoms in total. The van der Waals surface area contributed by atoms with Crippen LogP contribution in [0.5, 0.6) is 0 Å². The predicted octanol–water partition coefficient (Wildman–Crippen LogP) is -0.447. The highest BCUT2D eigenvalue weighted by molar-refractivity contribution is 5.75. The Morgan fingerprint density at radius 2 is 2.50 bits per heavy atom. The van der Waals surface area contributed by atoms with E-state index in [9.17, 15) is 4.79 Å². The average Bonchev–Trinajstić information content (AvgIpc) is 2.71. The largest absolute Gasteiger partial charge is 0.468 e. The molecule has 0 radical (unpaired) electrons. The number of rotatable bonds is 5. The van der Waals surface area contributed by atoms with Crippen LogP contribution in [0.3, 0.4) is 0 Å². The van der Waals surface area contributed by atoms with Gasteiger partial charge in [0.1, 0.15) is 6.04 Å². The SMILES string of the molecule is CNC(COC1CCOC1)C(=O)OC. The Kier molecular flexibility index (Phi) is 4.86. The number of nitrogens with one attached hydrogen (secondary N) is 1. The second-order valence-corrected chi connectivity index (χ2v) is 3.18. The molecule has 0 bridgehead atoms. The van der Waals surface area contributed by atoms with Crippen molar-refractivity contribution in [2.75, 3.05) is 34.0 Å². The van der Waals surface area contributed by atoms with Gasteiger partial charge >= 0.3 is 5.97 Å². The van der Waals surface area contributed by atoms with Crippen LogP contribution in [0.1, 0.15) is 6.42 Å². The number of esters is 1. The summed E-state index contributed by atoms with van der Waals surface area (Å²) in [7, 11) is 3.07. The number of methoxy groups -OCH3 is 1. The molecule has 5 heteroatoms. The zero-order valence-corrected chi connectivity index (χ0v) is 8.62. The van der Waals surface area contributed by atoms with Crippen LogP contribution in [-0.4, -0.2) is 52.1 Å². The molecule has 14 heavy (non-hydrogen) atoms. The molecule has 0 saturated carbocycles. The average molecular weight is 203 g/mol. The highest BCUT2D eigenvalue weighted by Gasteiger charge is 2.21. The summed E-state index contributed by atoms with van der Waals surface area (Å²) >= 11 is 0. The summed E-state index contributed by atoms with van der Waals surface area (Å²) in [6.07, 6.45) is 1.02. The van der Waals surface area contributed by atoms with Crippen molar-refractivity contribution in [3.05, 3.63) is 0 Å². The molecule has 1 heterocycles. The Bertz CT molecular complexity index is 180. The predicted molar refractivity (Wildman–Crippen MR) is 50.0 cm³/mol. The highest BCUT2D eigenvalue weighted by Crippen LogP contribution is 2.08. The van der Waals surface area contributed by atoms with Crippen molar-refractivity contribution >= 4 is 5.97 Å². The molecule has 0 aromatic rings. The zero-order valence-electron chi connectivity index (χ0n) is 8.62. The molecule has 1 N–H and O–H groups in total. The number of ether oxygens (including phenoxy) is 3. The number of hydrogen-bond acceptors (Lipinski definition) is 5. The lowest BCUT2D eigenvalue weighted by Gasteiger charge is -2.16. The Labute approximate surface area is 83.7 Å². The van der Waals surface area contributed by atoms with Gasteiger partial charge in [-0.1, -0.05) is 0 Å². The maximum absolute atomic E-state index is 11.2. The van der Waals surface area contributed by atoms with E-state index in [0.29, 0.717) is 13.2 Å². The molecule has 1 saturated heterocycles. The second kappa shape index (κ2) is 5.95. The fourth-order valence-corrected chi connectivity index (χ4v) is 1.29. The van der Waals surface area contributed by atoms with E-state index in [1.54, 1.807) is 7.05 Å². The highest BCUT2D eigenvalue weighted by atomic mass is 16.6. The van der Waals surface area contributed by atoms with Gasteiger partial charge in [-0.2, -0.15) is 0 Å². The van der Waals surface area contributed by atoms with Crippen molar-refractivity contribution in [2.45, 2.75) is 18.6 Å². The number of likely N-dealkylation sites (N-methyl/N-ethyl adjacent to an activating group) is 1. The van der Waals surface area contributed by atoms with Gasteiger partial charge in [-0.25, -0.2) is 0 Å². The van der Waals surface area contributed by atoms with E-state index in [0.717, 1.165) is 13.0 Å². The summed E-state index contributed by atoms with van der Waals surface area (Å²) in [6.45, 7) is 1.70. The summed E-state index contributed by atoms with van der Waals surface area (Å²) in [5, 5.41) is 2.84. The van der Waals surface area contributed by atoms with Crippen LogP contribution < -0.4 is 5.32 Å². The first-order valence-electron chi connectivity index (χ1n) is 4.72. The number of carbonyl (C=O) groups is 1. The Balaban J connectivity index is 2.22. The van der Waals surface area contributed by atoms with Crippen LogP contribution in [0.25, 0.3) is 0 Å². The van der Waals surface area contributed by atoms with Crippen LogP contribution in [0.2, 0.25) is 0 Å². The molecule has 2 unspecified atom stereocenters. The molecule has 0 amide bonds. The van der Waals surface area contributed by atoms with Gasteiger partial charge in [-0.3, -0.25) is 4.79 Å². The third kappa shape index (κ3) is 3.25. The first kappa shape index (κ1) is 11.4. The molecule has 1 aliphatic heterocycles. The molecule has 1 rings (SSSR count). The van der Waals surface area contributed by atoms with E-state index in [4.69, 9.17) is 9.47 Å². The second-order valence-electron chi connectivity index (χ2n) is 3.18. The van der Waals surface area contributed by atoms with Crippen molar-refractivity contribution < 1.29 is 19.0 Å². The monoisotopic (exact) mass is 203 g/mol. The fraction of sp³-hybridized carbons (Fsp3) is 0.889. The lowest BCUT2D eigenvalue weighted by Crippen LogP contribution is -2.40. The molecule has 0 aromatic heterocycles. The summed E-state index contributed by atoms with van der Waals surface area (Å²) in [5.41, 5.74) is 0. The lowest BCUT2D eigenvalue weighted by molar-refractivity contribution is -0.145. The summed E-state index contributed by atoms with van der Waals surface area (Å²) in [5.74, 6) is -0.300.